The summed E-state index contributed by atoms with van der Waals surface area (Å²) in [5.74, 6) is -1.58. The van der Waals surface area contributed by atoms with E-state index in [1.165, 1.54) is 24.6 Å². The fourth-order valence-electron chi connectivity index (χ4n) is 4.67. The van der Waals surface area contributed by atoms with E-state index in [1.807, 2.05) is 0 Å². The highest BCUT2D eigenvalue weighted by Gasteiger charge is 2.40. The van der Waals surface area contributed by atoms with Crippen LogP contribution in [0.3, 0.4) is 0 Å². The average molecular weight is 426 g/mol. The highest BCUT2D eigenvalue weighted by molar-refractivity contribution is 6.15. The van der Waals surface area contributed by atoms with Gasteiger partial charge in [-0.15, -0.1) is 0 Å². The van der Waals surface area contributed by atoms with Crippen molar-refractivity contribution in [2.24, 2.45) is 0 Å². The Hall–Kier alpha value is -2.86. The first-order valence-electron chi connectivity index (χ1n) is 10.6. The molecule has 0 aliphatic carbocycles. The van der Waals surface area contributed by atoms with Crippen molar-refractivity contribution in [2.45, 2.75) is 58.0 Å². The second kappa shape index (κ2) is 8.71. The van der Waals surface area contributed by atoms with Gasteiger partial charge in [-0.25, -0.2) is 4.79 Å². The highest BCUT2D eigenvalue weighted by Crippen LogP contribution is 2.37. The van der Waals surface area contributed by atoms with E-state index >= 15 is 0 Å². The molecule has 3 rings (SSSR count). The molecule has 0 bridgehead atoms. The second-order valence-electron chi connectivity index (χ2n) is 9.34. The molecule has 1 heterocycles. The topological polar surface area (TPSA) is 87.1 Å². The molecule has 6 nitrogen and oxygen atoms in total. The number of phenols is 2. The van der Waals surface area contributed by atoms with Crippen LogP contribution in [0.2, 0.25) is 0 Å². The Morgan fingerprint density at radius 3 is 2.16 bits per heavy atom. The maximum atomic E-state index is 12.9. The molecule has 31 heavy (non-hydrogen) atoms. The van der Waals surface area contributed by atoms with Crippen molar-refractivity contribution in [3.05, 3.63) is 59.2 Å². The molecule has 1 aliphatic heterocycles. The number of ether oxygens (including phenoxy) is 1. The normalized spacial score (nSPS) is 17.8. The molecule has 0 saturated carbocycles. The minimum Gasteiger partial charge on any atom is -0.508 e. The molecular weight excluding hydrogens is 394 g/mol. The zero-order valence-corrected chi connectivity index (χ0v) is 18.6. The van der Waals surface area contributed by atoms with Gasteiger partial charge in [0, 0.05) is 29.3 Å². The predicted molar refractivity (Wildman–Crippen MR) is 119 cm³/mol. The number of carbonyl (C=O) groups excluding carboxylic acids is 2. The summed E-state index contributed by atoms with van der Waals surface area (Å²) >= 11 is 0. The van der Waals surface area contributed by atoms with Gasteiger partial charge in [-0.3, -0.25) is 9.69 Å². The maximum absolute atomic E-state index is 12.9. The molecule has 1 aliphatic rings. The van der Waals surface area contributed by atoms with Crippen LogP contribution in [0, 0.1) is 0 Å². The SMILES string of the molecule is CC1(C)CCCC(C)(C)N1CCOC(=O)c1ccccc1C(=O)c1ccc(O)cc1O. The van der Waals surface area contributed by atoms with Crippen LogP contribution in [0.25, 0.3) is 0 Å². The standard InChI is InChI=1S/C25H31NO5/c1-24(2)12-7-13-25(3,4)26(24)14-15-31-23(30)19-9-6-5-8-18(19)22(29)20-11-10-17(27)16-21(20)28/h5-6,8-11,16,27-28H,7,12-15H2,1-4H3. The van der Waals surface area contributed by atoms with Gasteiger partial charge in [-0.1, -0.05) is 18.2 Å². The molecular formula is C25H31NO5. The van der Waals surface area contributed by atoms with Crippen molar-refractivity contribution in [1.29, 1.82) is 0 Å². The smallest absolute Gasteiger partial charge is 0.338 e. The summed E-state index contributed by atoms with van der Waals surface area (Å²) in [5, 5.41) is 19.5. The van der Waals surface area contributed by atoms with Crippen molar-refractivity contribution < 1.29 is 24.5 Å². The Morgan fingerprint density at radius 1 is 0.935 bits per heavy atom. The van der Waals surface area contributed by atoms with Crippen LogP contribution in [0.5, 0.6) is 11.5 Å². The molecule has 0 radical (unpaired) electrons. The minimum absolute atomic E-state index is 0.00914. The van der Waals surface area contributed by atoms with Crippen LogP contribution in [0.1, 0.15) is 73.2 Å². The number of benzene rings is 2. The first-order chi connectivity index (χ1) is 14.5. The quantitative estimate of drug-likeness (QED) is 0.522. The van der Waals surface area contributed by atoms with E-state index in [0.717, 1.165) is 18.9 Å². The summed E-state index contributed by atoms with van der Waals surface area (Å²) in [7, 11) is 0. The van der Waals surface area contributed by atoms with Crippen LogP contribution in [-0.2, 0) is 4.74 Å². The van der Waals surface area contributed by atoms with E-state index in [2.05, 4.69) is 32.6 Å². The second-order valence-corrected chi connectivity index (χ2v) is 9.34. The molecule has 6 heteroatoms. The third-order valence-corrected chi connectivity index (χ3v) is 6.20. The lowest BCUT2D eigenvalue weighted by atomic mass is 9.80. The zero-order chi connectivity index (χ0) is 22.8. The number of hydrogen-bond donors (Lipinski definition) is 2. The van der Waals surface area contributed by atoms with Gasteiger partial charge in [0.1, 0.15) is 18.1 Å². The summed E-state index contributed by atoms with van der Waals surface area (Å²) in [6.07, 6.45) is 3.37. The summed E-state index contributed by atoms with van der Waals surface area (Å²) in [6, 6.07) is 10.1. The third-order valence-electron chi connectivity index (χ3n) is 6.20. The van der Waals surface area contributed by atoms with Crippen LogP contribution in [0.15, 0.2) is 42.5 Å². The van der Waals surface area contributed by atoms with Crippen molar-refractivity contribution in [1.82, 2.24) is 4.90 Å². The molecule has 1 saturated heterocycles. The molecule has 0 atom stereocenters. The number of rotatable bonds is 6. The third kappa shape index (κ3) is 4.90. The van der Waals surface area contributed by atoms with Gasteiger partial charge in [0.05, 0.1) is 11.1 Å². The van der Waals surface area contributed by atoms with Crippen molar-refractivity contribution in [3.8, 4) is 11.5 Å². The molecule has 166 valence electrons. The summed E-state index contributed by atoms with van der Waals surface area (Å²) in [6.45, 7) is 9.70. The Morgan fingerprint density at radius 2 is 1.55 bits per heavy atom. The van der Waals surface area contributed by atoms with E-state index in [0.29, 0.717) is 6.54 Å². The minimum atomic E-state index is -0.574. The molecule has 2 N–H and O–H groups in total. The van der Waals surface area contributed by atoms with Gasteiger partial charge in [-0.2, -0.15) is 0 Å². The number of esters is 1. The molecule has 0 amide bonds. The monoisotopic (exact) mass is 425 g/mol. The summed E-state index contributed by atoms with van der Waals surface area (Å²) in [5.41, 5.74) is 0.357. The van der Waals surface area contributed by atoms with Gasteiger partial charge >= 0.3 is 5.97 Å². The summed E-state index contributed by atoms with van der Waals surface area (Å²) in [4.78, 5) is 28.1. The Labute approximate surface area is 183 Å². The van der Waals surface area contributed by atoms with Crippen LogP contribution in [-0.4, -0.2) is 51.1 Å². The van der Waals surface area contributed by atoms with Crippen molar-refractivity contribution in [3.63, 3.8) is 0 Å². The first-order valence-corrected chi connectivity index (χ1v) is 10.6. The lowest BCUT2D eigenvalue weighted by Crippen LogP contribution is -2.59. The number of likely N-dealkylation sites (tertiary alicyclic amines) is 1. The number of carbonyl (C=O) groups is 2. The van der Waals surface area contributed by atoms with E-state index in [-0.39, 0.29) is 45.9 Å². The predicted octanol–water partition coefficient (Wildman–Crippen LogP) is 4.53. The lowest BCUT2D eigenvalue weighted by molar-refractivity contribution is -0.0402. The largest absolute Gasteiger partial charge is 0.508 e. The van der Waals surface area contributed by atoms with Gasteiger partial charge in [0.25, 0.3) is 0 Å². The van der Waals surface area contributed by atoms with Gasteiger partial charge < -0.3 is 14.9 Å². The number of ketones is 1. The Kier molecular flexibility index (Phi) is 6.41. The Bertz CT molecular complexity index is 964. The lowest BCUT2D eigenvalue weighted by Gasteiger charge is -2.52. The molecule has 1 fully saturated rings. The molecule has 0 aromatic heterocycles. The van der Waals surface area contributed by atoms with Crippen LogP contribution < -0.4 is 0 Å². The molecule has 0 unspecified atom stereocenters. The van der Waals surface area contributed by atoms with Crippen molar-refractivity contribution >= 4 is 11.8 Å². The Balaban J connectivity index is 1.74. The van der Waals surface area contributed by atoms with Crippen LogP contribution >= 0.6 is 0 Å². The highest BCUT2D eigenvalue weighted by atomic mass is 16.5. The van der Waals surface area contributed by atoms with E-state index < -0.39 is 11.8 Å². The number of aromatic hydroxyl groups is 2. The van der Waals surface area contributed by atoms with Crippen molar-refractivity contribution in [2.75, 3.05) is 13.2 Å². The average Bonchev–Trinajstić information content (AvgIpc) is 2.69. The summed E-state index contributed by atoms with van der Waals surface area (Å²) < 4.78 is 5.56. The van der Waals surface area contributed by atoms with Gasteiger partial charge in [-0.05, 0) is 65.2 Å². The number of nitrogens with zero attached hydrogens (tertiary/aromatic N) is 1. The molecule has 2 aromatic carbocycles. The van der Waals surface area contributed by atoms with E-state index in [1.54, 1.807) is 18.2 Å². The number of hydrogen-bond acceptors (Lipinski definition) is 6. The number of phenolic OH excluding ortho intramolecular Hbond substituents is 2. The molecule has 0 spiro atoms. The fraction of sp³-hybridized carbons (Fsp3) is 0.440. The van der Waals surface area contributed by atoms with Gasteiger partial charge in [0.15, 0.2) is 5.78 Å². The van der Waals surface area contributed by atoms with E-state index in [4.69, 9.17) is 4.74 Å². The van der Waals surface area contributed by atoms with Crippen LogP contribution in [0.4, 0.5) is 0 Å². The maximum Gasteiger partial charge on any atom is 0.338 e. The first kappa shape index (κ1) is 22.8. The van der Waals surface area contributed by atoms with Gasteiger partial charge in [0.2, 0.25) is 0 Å². The van der Waals surface area contributed by atoms with E-state index in [9.17, 15) is 19.8 Å². The fourth-order valence-corrected chi connectivity index (χ4v) is 4.67. The number of piperidine rings is 1. The zero-order valence-electron chi connectivity index (χ0n) is 18.6. The molecule has 2 aromatic rings.